The lowest BCUT2D eigenvalue weighted by molar-refractivity contribution is -0.138. The fourth-order valence-electron chi connectivity index (χ4n) is 1.40. The Balaban J connectivity index is 2.61. The smallest absolute Gasteiger partial charge is 0.333 e. The predicted molar refractivity (Wildman–Crippen MR) is 51.4 cm³/mol. The molecule has 1 heterocycles. The van der Waals surface area contributed by atoms with Gasteiger partial charge in [-0.25, -0.2) is 4.79 Å². The fraction of sp³-hybridized carbons (Fsp3) is 0.700. The molecule has 0 aliphatic carbocycles. The average molecular weight is 183 g/mol. The molecule has 0 saturated carbocycles. The zero-order valence-electron chi connectivity index (χ0n) is 8.54. The normalized spacial score (nSPS) is 23.9. The molecule has 1 aliphatic heterocycles. The first-order valence-electron chi connectivity index (χ1n) is 4.73. The van der Waals surface area contributed by atoms with Crippen LogP contribution in [0, 0.1) is 0 Å². The SMILES string of the molecule is CCOC(=O)C1=C[C@H](C)N(C)CC1. The maximum Gasteiger partial charge on any atom is 0.333 e. The molecule has 1 atom stereocenters. The van der Waals surface area contributed by atoms with Crippen molar-refractivity contribution in [1.29, 1.82) is 0 Å². The van der Waals surface area contributed by atoms with Crippen molar-refractivity contribution < 1.29 is 9.53 Å². The van der Waals surface area contributed by atoms with Crippen LogP contribution < -0.4 is 0 Å². The Morgan fingerprint density at radius 1 is 1.77 bits per heavy atom. The number of rotatable bonds is 2. The molecular formula is C10H17NO2. The van der Waals surface area contributed by atoms with Gasteiger partial charge in [-0.15, -0.1) is 0 Å². The summed E-state index contributed by atoms with van der Waals surface area (Å²) in [7, 11) is 2.06. The van der Waals surface area contributed by atoms with Gasteiger partial charge in [0.25, 0.3) is 0 Å². The summed E-state index contributed by atoms with van der Waals surface area (Å²) in [5.41, 5.74) is 0.826. The molecule has 0 bridgehead atoms. The molecule has 0 unspecified atom stereocenters. The van der Waals surface area contributed by atoms with Gasteiger partial charge < -0.3 is 4.74 Å². The predicted octanol–water partition coefficient (Wildman–Crippen LogP) is 1.20. The van der Waals surface area contributed by atoms with Crippen LogP contribution in [0.4, 0.5) is 0 Å². The molecule has 3 heteroatoms. The summed E-state index contributed by atoms with van der Waals surface area (Å²) in [6, 6.07) is 0.341. The van der Waals surface area contributed by atoms with E-state index in [-0.39, 0.29) is 5.97 Å². The molecule has 0 fully saturated rings. The Kier molecular flexibility index (Phi) is 3.48. The number of ether oxygens (including phenoxy) is 1. The quantitative estimate of drug-likeness (QED) is 0.602. The van der Waals surface area contributed by atoms with Crippen molar-refractivity contribution >= 4 is 5.97 Å². The molecule has 0 aromatic heterocycles. The fourth-order valence-corrected chi connectivity index (χ4v) is 1.40. The number of esters is 1. The van der Waals surface area contributed by atoms with Crippen LogP contribution in [-0.4, -0.2) is 37.1 Å². The minimum Gasteiger partial charge on any atom is -0.463 e. The van der Waals surface area contributed by atoms with Crippen LogP contribution in [0.3, 0.4) is 0 Å². The van der Waals surface area contributed by atoms with Crippen molar-refractivity contribution in [3.63, 3.8) is 0 Å². The van der Waals surface area contributed by atoms with Gasteiger partial charge in [-0.2, -0.15) is 0 Å². The highest BCUT2D eigenvalue weighted by atomic mass is 16.5. The summed E-state index contributed by atoms with van der Waals surface area (Å²) in [5, 5.41) is 0. The van der Waals surface area contributed by atoms with Crippen LogP contribution in [0.5, 0.6) is 0 Å². The first kappa shape index (κ1) is 10.3. The summed E-state index contributed by atoms with van der Waals surface area (Å²) in [5.74, 6) is -0.151. The van der Waals surface area contributed by atoms with Crippen LogP contribution >= 0.6 is 0 Å². The van der Waals surface area contributed by atoms with Gasteiger partial charge in [0.15, 0.2) is 0 Å². The van der Waals surface area contributed by atoms with E-state index in [0.717, 1.165) is 18.5 Å². The molecule has 0 N–H and O–H groups in total. The summed E-state index contributed by atoms with van der Waals surface area (Å²) < 4.78 is 4.94. The zero-order valence-corrected chi connectivity index (χ0v) is 8.54. The number of nitrogens with zero attached hydrogens (tertiary/aromatic N) is 1. The highest BCUT2D eigenvalue weighted by molar-refractivity contribution is 5.88. The van der Waals surface area contributed by atoms with Gasteiger partial charge in [-0.3, -0.25) is 4.90 Å². The standard InChI is InChI=1S/C10H17NO2/c1-4-13-10(12)9-5-6-11(3)8(2)7-9/h7-8H,4-6H2,1-3H3/t8-/m0/s1. The Morgan fingerprint density at radius 2 is 2.46 bits per heavy atom. The van der Waals surface area contributed by atoms with E-state index in [9.17, 15) is 4.79 Å². The van der Waals surface area contributed by atoms with Crippen LogP contribution in [0.2, 0.25) is 0 Å². The highest BCUT2D eigenvalue weighted by Crippen LogP contribution is 2.15. The minimum atomic E-state index is -0.151. The summed E-state index contributed by atoms with van der Waals surface area (Å²) in [6.45, 7) is 5.31. The van der Waals surface area contributed by atoms with E-state index >= 15 is 0 Å². The maximum atomic E-state index is 11.3. The Bertz CT molecular complexity index is 223. The second kappa shape index (κ2) is 4.42. The van der Waals surface area contributed by atoms with Crippen LogP contribution in [0.15, 0.2) is 11.6 Å². The third kappa shape index (κ3) is 2.56. The van der Waals surface area contributed by atoms with E-state index in [2.05, 4.69) is 18.9 Å². The third-order valence-electron chi connectivity index (χ3n) is 2.41. The second-order valence-corrected chi connectivity index (χ2v) is 3.38. The molecular weight excluding hydrogens is 166 g/mol. The van der Waals surface area contributed by atoms with Crippen LogP contribution in [0.1, 0.15) is 20.3 Å². The van der Waals surface area contributed by atoms with E-state index in [1.54, 1.807) is 0 Å². The average Bonchev–Trinajstić information content (AvgIpc) is 2.10. The second-order valence-electron chi connectivity index (χ2n) is 3.38. The Morgan fingerprint density at radius 3 is 3.00 bits per heavy atom. The Hall–Kier alpha value is -0.830. The molecule has 1 rings (SSSR count). The lowest BCUT2D eigenvalue weighted by Crippen LogP contribution is -2.33. The van der Waals surface area contributed by atoms with Gasteiger partial charge in [-0.1, -0.05) is 6.08 Å². The van der Waals surface area contributed by atoms with Gasteiger partial charge in [0.1, 0.15) is 0 Å². The number of hydrogen-bond acceptors (Lipinski definition) is 3. The van der Waals surface area contributed by atoms with Crippen molar-refractivity contribution in [2.24, 2.45) is 0 Å². The molecule has 1 aliphatic rings. The molecule has 0 spiro atoms. The van der Waals surface area contributed by atoms with Gasteiger partial charge in [-0.05, 0) is 27.3 Å². The first-order valence-corrected chi connectivity index (χ1v) is 4.73. The summed E-state index contributed by atoms with van der Waals surface area (Å²) in [4.78, 5) is 13.6. The lowest BCUT2D eigenvalue weighted by atomic mass is 10.0. The molecule has 0 aromatic carbocycles. The van der Waals surface area contributed by atoms with Crippen LogP contribution in [0.25, 0.3) is 0 Å². The van der Waals surface area contributed by atoms with E-state index < -0.39 is 0 Å². The number of likely N-dealkylation sites (N-methyl/N-ethyl adjacent to an activating group) is 1. The Labute approximate surface area is 79.4 Å². The summed E-state index contributed by atoms with van der Waals surface area (Å²) in [6.07, 6.45) is 2.79. The lowest BCUT2D eigenvalue weighted by Gasteiger charge is -2.27. The minimum absolute atomic E-state index is 0.151. The van der Waals surface area contributed by atoms with Crippen LogP contribution in [-0.2, 0) is 9.53 Å². The molecule has 0 aromatic rings. The maximum absolute atomic E-state index is 11.3. The molecule has 13 heavy (non-hydrogen) atoms. The number of carbonyl (C=O) groups is 1. The number of carbonyl (C=O) groups excluding carboxylic acids is 1. The van der Waals surface area contributed by atoms with Crippen molar-refractivity contribution in [3.8, 4) is 0 Å². The summed E-state index contributed by atoms with van der Waals surface area (Å²) >= 11 is 0. The zero-order chi connectivity index (χ0) is 9.84. The van der Waals surface area contributed by atoms with Gasteiger partial charge >= 0.3 is 5.97 Å². The largest absolute Gasteiger partial charge is 0.463 e. The molecule has 74 valence electrons. The first-order chi connectivity index (χ1) is 6.15. The third-order valence-corrected chi connectivity index (χ3v) is 2.41. The van der Waals surface area contributed by atoms with E-state index in [4.69, 9.17) is 4.74 Å². The van der Waals surface area contributed by atoms with Crippen molar-refractivity contribution in [2.45, 2.75) is 26.3 Å². The van der Waals surface area contributed by atoms with E-state index in [0.29, 0.717) is 12.6 Å². The van der Waals surface area contributed by atoms with Crippen molar-refractivity contribution in [3.05, 3.63) is 11.6 Å². The van der Waals surface area contributed by atoms with E-state index in [1.807, 2.05) is 13.0 Å². The van der Waals surface area contributed by atoms with Gasteiger partial charge in [0.2, 0.25) is 0 Å². The highest BCUT2D eigenvalue weighted by Gasteiger charge is 2.19. The van der Waals surface area contributed by atoms with Gasteiger partial charge in [0, 0.05) is 18.2 Å². The van der Waals surface area contributed by atoms with Crippen molar-refractivity contribution in [2.75, 3.05) is 20.2 Å². The molecule has 0 amide bonds. The molecule has 0 saturated heterocycles. The molecule has 0 radical (unpaired) electrons. The van der Waals surface area contributed by atoms with E-state index in [1.165, 1.54) is 0 Å². The van der Waals surface area contributed by atoms with Gasteiger partial charge in [0.05, 0.1) is 6.61 Å². The monoisotopic (exact) mass is 183 g/mol. The molecule has 3 nitrogen and oxygen atoms in total. The topological polar surface area (TPSA) is 29.5 Å². The van der Waals surface area contributed by atoms with Crippen molar-refractivity contribution in [1.82, 2.24) is 4.90 Å². The number of hydrogen-bond donors (Lipinski definition) is 0.